The van der Waals surface area contributed by atoms with Crippen molar-refractivity contribution in [2.45, 2.75) is 44.6 Å². The first-order chi connectivity index (χ1) is 8.05. The largest absolute Gasteiger partial charge is 0.508 e. The fourth-order valence-corrected chi connectivity index (χ4v) is 2.83. The zero-order chi connectivity index (χ0) is 12.5. The van der Waals surface area contributed by atoms with Crippen molar-refractivity contribution in [1.82, 2.24) is 0 Å². The van der Waals surface area contributed by atoms with Gasteiger partial charge < -0.3 is 9.84 Å². The quantitative estimate of drug-likeness (QED) is 0.856. The molecule has 2 nitrogen and oxygen atoms in total. The number of phenols is 1. The SMILES string of the molecule is CC[C@@]1(c2cc(O)cc(F)c2)CCO[C@H](C)C1. The molecule has 0 bridgehead atoms. The Hall–Kier alpha value is -1.09. The van der Waals surface area contributed by atoms with Crippen molar-refractivity contribution in [3.63, 3.8) is 0 Å². The van der Waals surface area contributed by atoms with E-state index in [4.69, 9.17) is 4.74 Å². The molecule has 0 aromatic heterocycles. The van der Waals surface area contributed by atoms with Gasteiger partial charge in [-0.2, -0.15) is 0 Å². The summed E-state index contributed by atoms with van der Waals surface area (Å²) in [6.45, 7) is 4.86. The first kappa shape index (κ1) is 12.4. The number of hydrogen-bond donors (Lipinski definition) is 1. The number of aromatic hydroxyl groups is 1. The number of ether oxygens (including phenoxy) is 1. The molecule has 0 radical (unpaired) electrons. The Labute approximate surface area is 101 Å². The number of phenolic OH excluding ortho intramolecular Hbond substituents is 1. The summed E-state index contributed by atoms with van der Waals surface area (Å²) in [6.07, 6.45) is 2.89. The molecule has 0 saturated carbocycles. The Bertz CT molecular complexity index is 385. The fraction of sp³-hybridized carbons (Fsp3) is 0.571. The zero-order valence-electron chi connectivity index (χ0n) is 10.4. The van der Waals surface area contributed by atoms with E-state index in [9.17, 15) is 9.50 Å². The van der Waals surface area contributed by atoms with Crippen LogP contribution in [0.2, 0.25) is 0 Å². The fourth-order valence-electron chi connectivity index (χ4n) is 2.83. The maximum absolute atomic E-state index is 13.4. The van der Waals surface area contributed by atoms with Gasteiger partial charge in [-0.3, -0.25) is 0 Å². The van der Waals surface area contributed by atoms with Gasteiger partial charge in [0.1, 0.15) is 11.6 Å². The molecule has 1 fully saturated rings. The highest BCUT2D eigenvalue weighted by molar-refractivity contribution is 5.34. The summed E-state index contributed by atoms with van der Waals surface area (Å²) in [4.78, 5) is 0. The maximum Gasteiger partial charge on any atom is 0.127 e. The van der Waals surface area contributed by atoms with Crippen LogP contribution < -0.4 is 0 Å². The van der Waals surface area contributed by atoms with E-state index in [0.717, 1.165) is 30.9 Å². The molecule has 3 heteroatoms. The second kappa shape index (κ2) is 4.65. The third-order valence-electron chi connectivity index (χ3n) is 3.83. The predicted octanol–water partition coefficient (Wildman–Crippen LogP) is 3.38. The summed E-state index contributed by atoms with van der Waals surface area (Å²) in [7, 11) is 0. The summed E-state index contributed by atoms with van der Waals surface area (Å²) >= 11 is 0. The van der Waals surface area contributed by atoms with Crippen molar-refractivity contribution in [3.05, 3.63) is 29.6 Å². The van der Waals surface area contributed by atoms with E-state index in [-0.39, 0.29) is 23.1 Å². The average molecular weight is 238 g/mol. The summed E-state index contributed by atoms with van der Waals surface area (Å²) in [5.41, 5.74) is 0.838. The van der Waals surface area contributed by atoms with Gasteiger partial charge in [-0.05, 0) is 49.3 Å². The van der Waals surface area contributed by atoms with Gasteiger partial charge >= 0.3 is 0 Å². The molecule has 94 valence electrons. The minimum atomic E-state index is -0.369. The molecule has 1 aromatic carbocycles. The lowest BCUT2D eigenvalue weighted by atomic mass is 9.70. The van der Waals surface area contributed by atoms with Crippen LogP contribution >= 0.6 is 0 Å². The highest BCUT2D eigenvalue weighted by Crippen LogP contribution is 2.41. The normalized spacial score (nSPS) is 29.2. The minimum absolute atomic E-state index is 0.00645. The first-order valence-corrected chi connectivity index (χ1v) is 6.17. The molecular formula is C14H19FO2. The Morgan fingerprint density at radius 2 is 2.24 bits per heavy atom. The van der Waals surface area contributed by atoms with Gasteiger partial charge in [0.05, 0.1) is 6.10 Å². The van der Waals surface area contributed by atoms with Crippen LogP contribution in [0.25, 0.3) is 0 Å². The molecule has 0 aliphatic carbocycles. The maximum atomic E-state index is 13.4. The van der Waals surface area contributed by atoms with Crippen LogP contribution in [-0.4, -0.2) is 17.8 Å². The zero-order valence-corrected chi connectivity index (χ0v) is 10.4. The Morgan fingerprint density at radius 1 is 1.47 bits per heavy atom. The Morgan fingerprint density at radius 3 is 2.82 bits per heavy atom. The molecule has 0 spiro atoms. The lowest BCUT2D eigenvalue weighted by molar-refractivity contribution is -0.0117. The van der Waals surface area contributed by atoms with E-state index in [2.05, 4.69) is 6.92 Å². The topological polar surface area (TPSA) is 29.5 Å². The number of benzene rings is 1. The summed E-state index contributed by atoms with van der Waals surface area (Å²) in [5, 5.41) is 9.53. The summed E-state index contributed by atoms with van der Waals surface area (Å²) in [5.74, 6) is -0.362. The van der Waals surface area contributed by atoms with Crippen LogP contribution in [0.1, 0.15) is 38.7 Å². The van der Waals surface area contributed by atoms with E-state index < -0.39 is 0 Å². The van der Waals surface area contributed by atoms with E-state index in [1.807, 2.05) is 6.92 Å². The van der Waals surface area contributed by atoms with E-state index in [0.29, 0.717) is 6.61 Å². The molecule has 1 aliphatic heterocycles. The van der Waals surface area contributed by atoms with Gasteiger partial charge in [0.25, 0.3) is 0 Å². The first-order valence-electron chi connectivity index (χ1n) is 6.17. The standard InChI is InChI=1S/C14H19FO2/c1-3-14(4-5-17-10(2)9-14)11-6-12(15)8-13(16)7-11/h6-8,10,16H,3-5,9H2,1-2H3/t10-,14-/m1/s1. The molecule has 2 rings (SSSR count). The second-order valence-corrected chi connectivity index (χ2v) is 4.97. The van der Waals surface area contributed by atoms with Crippen LogP contribution in [0.5, 0.6) is 5.75 Å². The van der Waals surface area contributed by atoms with Crippen molar-refractivity contribution in [1.29, 1.82) is 0 Å². The second-order valence-electron chi connectivity index (χ2n) is 4.97. The molecule has 1 aliphatic rings. The van der Waals surface area contributed by atoms with Gasteiger partial charge in [0.2, 0.25) is 0 Å². The smallest absolute Gasteiger partial charge is 0.127 e. The molecule has 1 saturated heterocycles. The average Bonchev–Trinajstić information content (AvgIpc) is 2.27. The van der Waals surface area contributed by atoms with Crippen molar-refractivity contribution < 1.29 is 14.2 Å². The number of rotatable bonds is 2. The van der Waals surface area contributed by atoms with E-state index in [1.54, 1.807) is 12.1 Å². The van der Waals surface area contributed by atoms with Crippen LogP contribution in [0.15, 0.2) is 18.2 Å². The molecule has 0 unspecified atom stereocenters. The van der Waals surface area contributed by atoms with Crippen LogP contribution in [0.3, 0.4) is 0 Å². The molecular weight excluding hydrogens is 219 g/mol. The van der Waals surface area contributed by atoms with Crippen LogP contribution in [0, 0.1) is 5.82 Å². The Kier molecular flexibility index (Phi) is 3.38. The Balaban J connectivity index is 2.39. The van der Waals surface area contributed by atoms with Crippen molar-refractivity contribution >= 4 is 0 Å². The molecule has 1 N–H and O–H groups in total. The van der Waals surface area contributed by atoms with Crippen molar-refractivity contribution in [3.8, 4) is 5.75 Å². The number of halogens is 1. The van der Waals surface area contributed by atoms with Crippen molar-refractivity contribution in [2.75, 3.05) is 6.61 Å². The van der Waals surface area contributed by atoms with Crippen LogP contribution in [-0.2, 0) is 10.2 Å². The molecule has 1 heterocycles. The van der Waals surface area contributed by atoms with Gasteiger partial charge in [-0.25, -0.2) is 4.39 Å². The van der Waals surface area contributed by atoms with Crippen LogP contribution in [0.4, 0.5) is 4.39 Å². The van der Waals surface area contributed by atoms with Gasteiger partial charge in [-0.1, -0.05) is 6.92 Å². The van der Waals surface area contributed by atoms with Gasteiger partial charge in [0, 0.05) is 12.7 Å². The molecule has 2 atom stereocenters. The minimum Gasteiger partial charge on any atom is -0.508 e. The van der Waals surface area contributed by atoms with E-state index in [1.165, 1.54) is 0 Å². The van der Waals surface area contributed by atoms with E-state index >= 15 is 0 Å². The third kappa shape index (κ3) is 2.44. The monoisotopic (exact) mass is 238 g/mol. The van der Waals surface area contributed by atoms with Gasteiger partial charge in [0.15, 0.2) is 0 Å². The summed E-state index contributed by atoms with van der Waals surface area (Å²) in [6, 6.07) is 4.38. The summed E-state index contributed by atoms with van der Waals surface area (Å²) < 4.78 is 19.0. The van der Waals surface area contributed by atoms with Gasteiger partial charge in [-0.15, -0.1) is 0 Å². The predicted molar refractivity (Wildman–Crippen MR) is 64.7 cm³/mol. The lowest BCUT2D eigenvalue weighted by Gasteiger charge is -2.40. The highest BCUT2D eigenvalue weighted by atomic mass is 19.1. The molecule has 1 aromatic rings. The van der Waals surface area contributed by atoms with Crippen molar-refractivity contribution in [2.24, 2.45) is 0 Å². The highest BCUT2D eigenvalue weighted by Gasteiger charge is 2.36. The lowest BCUT2D eigenvalue weighted by Crippen LogP contribution is -2.37. The number of hydrogen-bond acceptors (Lipinski definition) is 2. The third-order valence-corrected chi connectivity index (χ3v) is 3.83. The molecule has 0 amide bonds. The molecule has 17 heavy (non-hydrogen) atoms.